The van der Waals surface area contributed by atoms with E-state index in [4.69, 9.17) is 17.0 Å². The van der Waals surface area contributed by atoms with Crippen molar-refractivity contribution < 1.29 is 13.2 Å². The lowest BCUT2D eigenvalue weighted by atomic mass is 10.2. The van der Waals surface area contributed by atoms with Crippen LogP contribution in [0.2, 0.25) is 0 Å². The average Bonchev–Trinajstić information content (AvgIpc) is 3.08. The van der Waals surface area contributed by atoms with Gasteiger partial charge in [0.05, 0.1) is 24.2 Å². The maximum absolute atomic E-state index is 13.3. The number of nitrogens with one attached hydrogen (secondary N) is 3. The molecule has 0 amide bonds. The van der Waals surface area contributed by atoms with Gasteiger partial charge in [0, 0.05) is 12.7 Å². The molecule has 3 N–H and O–H groups in total. The molecule has 1 heterocycles. The fourth-order valence-electron chi connectivity index (χ4n) is 3.80. The SMILES string of the molecule is COc1ccc(NS(=O)(=O)c2cc(C)ccc2NC(=S)Nc2c(C)n(C)n(-c3ccccc3)c2=O)cc1. The molecule has 11 heteroatoms. The lowest BCUT2D eigenvalue weighted by molar-refractivity contribution is 0.415. The van der Waals surface area contributed by atoms with Gasteiger partial charge in [-0.1, -0.05) is 24.3 Å². The van der Waals surface area contributed by atoms with E-state index >= 15 is 0 Å². The van der Waals surface area contributed by atoms with E-state index in [2.05, 4.69) is 15.4 Å². The molecule has 0 aliphatic heterocycles. The van der Waals surface area contributed by atoms with Gasteiger partial charge in [-0.05, 0) is 80.2 Å². The van der Waals surface area contributed by atoms with Gasteiger partial charge in [-0.2, -0.15) is 0 Å². The van der Waals surface area contributed by atoms with Gasteiger partial charge >= 0.3 is 0 Å². The molecule has 4 aromatic rings. The minimum Gasteiger partial charge on any atom is -0.497 e. The lowest BCUT2D eigenvalue weighted by Crippen LogP contribution is -2.26. The zero-order valence-electron chi connectivity index (χ0n) is 20.8. The van der Waals surface area contributed by atoms with Crippen molar-refractivity contribution in [1.82, 2.24) is 9.36 Å². The number of aromatic nitrogens is 2. The van der Waals surface area contributed by atoms with E-state index in [1.807, 2.05) is 30.3 Å². The Morgan fingerprint density at radius 3 is 2.27 bits per heavy atom. The fraction of sp³-hybridized carbons (Fsp3) is 0.154. The minimum atomic E-state index is -3.97. The molecule has 3 aromatic carbocycles. The van der Waals surface area contributed by atoms with Crippen LogP contribution < -0.4 is 25.7 Å². The summed E-state index contributed by atoms with van der Waals surface area (Å²) in [7, 11) is -0.655. The van der Waals surface area contributed by atoms with E-state index in [1.54, 1.807) is 68.0 Å². The molecule has 0 fully saturated rings. The number of aryl methyl sites for hydroxylation is 1. The fourth-order valence-corrected chi connectivity index (χ4v) is 5.32. The molecule has 0 bridgehead atoms. The molecule has 4 rings (SSSR count). The number of nitrogens with zero attached hydrogens (tertiary/aromatic N) is 2. The highest BCUT2D eigenvalue weighted by atomic mass is 32.2. The number of hydrogen-bond donors (Lipinski definition) is 3. The molecule has 0 unspecified atom stereocenters. The number of thiocarbonyl (C=S) groups is 1. The molecule has 0 saturated heterocycles. The summed E-state index contributed by atoms with van der Waals surface area (Å²) in [4.78, 5) is 13.2. The first-order valence-corrected chi connectivity index (χ1v) is 13.2. The third-order valence-electron chi connectivity index (χ3n) is 5.81. The average molecular weight is 538 g/mol. The van der Waals surface area contributed by atoms with Gasteiger partial charge in [-0.25, -0.2) is 13.1 Å². The second kappa shape index (κ2) is 10.5. The van der Waals surface area contributed by atoms with E-state index in [-0.39, 0.29) is 26.9 Å². The summed E-state index contributed by atoms with van der Waals surface area (Å²) in [6.45, 7) is 3.60. The van der Waals surface area contributed by atoms with Gasteiger partial charge in [0.1, 0.15) is 16.3 Å². The molecule has 0 spiro atoms. The largest absolute Gasteiger partial charge is 0.497 e. The number of rotatable bonds is 7. The van der Waals surface area contributed by atoms with Crippen molar-refractivity contribution in [3.05, 3.63) is 94.4 Å². The van der Waals surface area contributed by atoms with Crippen LogP contribution in [-0.4, -0.2) is 30.0 Å². The van der Waals surface area contributed by atoms with Crippen molar-refractivity contribution in [2.45, 2.75) is 18.7 Å². The van der Waals surface area contributed by atoms with Gasteiger partial charge in [0.15, 0.2) is 5.11 Å². The number of anilines is 3. The van der Waals surface area contributed by atoms with Crippen molar-refractivity contribution in [2.75, 3.05) is 22.5 Å². The van der Waals surface area contributed by atoms with Crippen LogP contribution in [0.1, 0.15) is 11.3 Å². The van der Waals surface area contributed by atoms with E-state index in [9.17, 15) is 13.2 Å². The summed E-state index contributed by atoms with van der Waals surface area (Å²) in [5.74, 6) is 0.611. The Morgan fingerprint density at radius 1 is 0.946 bits per heavy atom. The van der Waals surface area contributed by atoms with Gasteiger partial charge in [-0.3, -0.25) is 14.2 Å². The molecule has 0 saturated carbocycles. The number of sulfonamides is 1. The smallest absolute Gasteiger partial charge is 0.295 e. The predicted molar refractivity (Wildman–Crippen MR) is 151 cm³/mol. The normalized spacial score (nSPS) is 11.1. The quantitative estimate of drug-likeness (QED) is 0.300. The molecule has 37 heavy (non-hydrogen) atoms. The monoisotopic (exact) mass is 537 g/mol. The number of ether oxygens (including phenoxy) is 1. The van der Waals surface area contributed by atoms with Crippen LogP contribution in [0.5, 0.6) is 5.75 Å². The summed E-state index contributed by atoms with van der Waals surface area (Å²) >= 11 is 5.47. The Kier molecular flexibility index (Phi) is 7.37. The minimum absolute atomic E-state index is 0.0129. The van der Waals surface area contributed by atoms with Crippen LogP contribution in [0.3, 0.4) is 0 Å². The van der Waals surface area contributed by atoms with Crippen LogP contribution in [-0.2, 0) is 17.1 Å². The van der Waals surface area contributed by atoms with Crippen LogP contribution in [0.4, 0.5) is 17.1 Å². The van der Waals surface area contributed by atoms with Crippen molar-refractivity contribution >= 4 is 44.4 Å². The van der Waals surface area contributed by atoms with Crippen LogP contribution in [0, 0.1) is 13.8 Å². The van der Waals surface area contributed by atoms with Gasteiger partial charge in [0.25, 0.3) is 15.6 Å². The summed E-state index contributed by atoms with van der Waals surface area (Å²) in [5.41, 5.74) is 2.78. The zero-order valence-corrected chi connectivity index (χ0v) is 22.4. The van der Waals surface area contributed by atoms with Gasteiger partial charge < -0.3 is 15.4 Å². The maximum atomic E-state index is 13.3. The number of hydrogen-bond acceptors (Lipinski definition) is 5. The second-order valence-corrected chi connectivity index (χ2v) is 10.4. The molecule has 9 nitrogen and oxygen atoms in total. The Bertz CT molecular complexity index is 1610. The van der Waals surface area contributed by atoms with Crippen molar-refractivity contribution in [2.24, 2.45) is 7.05 Å². The lowest BCUT2D eigenvalue weighted by Gasteiger charge is -2.16. The van der Waals surface area contributed by atoms with Gasteiger partial charge in [0.2, 0.25) is 0 Å². The molecule has 1 aromatic heterocycles. The summed E-state index contributed by atoms with van der Waals surface area (Å²) < 4.78 is 37.5. The summed E-state index contributed by atoms with van der Waals surface area (Å²) in [5, 5.41) is 5.97. The Balaban J connectivity index is 1.60. The second-order valence-electron chi connectivity index (χ2n) is 8.35. The first kappa shape index (κ1) is 26.0. The van der Waals surface area contributed by atoms with Crippen molar-refractivity contribution in [3.63, 3.8) is 0 Å². The summed E-state index contributed by atoms with van der Waals surface area (Å²) in [6, 6.07) is 20.7. The predicted octanol–water partition coefficient (Wildman–Crippen LogP) is 4.41. The van der Waals surface area contributed by atoms with Crippen molar-refractivity contribution in [3.8, 4) is 11.4 Å². The van der Waals surface area contributed by atoms with E-state index < -0.39 is 10.0 Å². The zero-order chi connectivity index (χ0) is 26.7. The number of para-hydroxylation sites is 1. The molecular weight excluding hydrogens is 510 g/mol. The Hall–Kier alpha value is -4.09. The van der Waals surface area contributed by atoms with E-state index in [0.717, 1.165) is 5.56 Å². The molecule has 192 valence electrons. The molecule has 0 atom stereocenters. The Morgan fingerprint density at radius 2 is 1.62 bits per heavy atom. The molecular formula is C26H27N5O4S2. The Labute approximate surface area is 220 Å². The molecule has 0 aliphatic carbocycles. The highest BCUT2D eigenvalue weighted by molar-refractivity contribution is 7.93. The van der Waals surface area contributed by atoms with Crippen LogP contribution in [0.15, 0.2) is 82.5 Å². The molecule has 0 radical (unpaired) electrons. The highest BCUT2D eigenvalue weighted by Gasteiger charge is 2.21. The third kappa shape index (κ3) is 5.52. The van der Waals surface area contributed by atoms with Crippen molar-refractivity contribution in [1.29, 1.82) is 0 Å². The van der Waals surface area contributed by atoms with E-state index in [0.29, 0.717) is 22.8 Å². The topological polar surface area (TPSA) is 106 Å². The standard InChI is InChI=1S/C26H27N5O4S2/c1-17-10-15-22(23(16-17)37(33,34)29-19-11-13-21(35-4)14-12-19)27-26(36)28-24-18(2)30(3)31(25(24)32)20-8-6-5-7-9-20/h5-16,29H,1-4H3,(H2,27,28,36). The van der Waals surface area contributed by atoms with E-state index in [1.165, 1.54) is 11.8 Å². The maximum Gasteiger partial charge on any atom is 0.295 e. The van der Waals surface area contributed by atoms with Gasteiger partial charge in [-0.15, -0.1) is 0 Å². The highest BCUT2D eigenvalue weighted by Crippen LogP contribution is 2.26. The summed E-state index contributed by atoms with van der Waals surface area (Å²) in [6.07, 6.45) is 0. The first-order valence-electron chi connectivity index (χ1n) is 11.3. The molecule has 0 aliphatic rings. The van der Waals surface area contributed by atoms with Crippen LogP contribution >= 0.6 is 12.2 Å². The van der Waals surface area contributed by atoms with Crippen LogP contribution in [0.25, 0.3) is 5.69 Å². The number of benzene rings is 3. The third-order valence-corrected chi connectivity index (χ3v) is 7.44. The first-order chi connectivity index (χ1) is 17.6. The number of methoxy groups -OCH3 is 1.